The number of benzene rings is 3. The minimum absolute atomic E-state index is 0.0822. The average Bonchev–Trinajstić information content (AvgIpc) is 2.78. The van der Waals surface area contributed by atoms with E-state index in [1.165, 1.54) is 0 Å². The summed E-state index contributed by atoms with van der Waals surface area (Å²) in [5.74, 6) is -0.365. The molecular weight excluding hydrogens is 374 g/mol. The third-order valence-electron chi connectivity index (χ3n) is 4.51. The molecule has 0 atom stereocenters. The molecule has 0 saturated heterocycles. The third-order valence-corrected chi connectivity index (χ3v) is 4.51. The van der Waals surface area contributed by atoms with Crippen molar-refractivity contribution >= 4 is 11.8 Å². The lowest BCUT2D eigenvalue weighted by Gasteiger charge is -2.12. The van der Waals surface area contributed by atoms with Gasteiger partial charge < -0.3 is 10.7 Å². The van der Waals surface area contributed by atoms with Crippen LogP contribution in [0.5, 0.6) is 0 Å². The molecule has 3 aromatic carbocycles. The highest BCUT2D eigenvalue weighted by atomic mass is 16.2. The van der Waals surface area contributed by atoms with Gasteiger partial charge in [0, 0.05) is 12.2 Å². The van der Waals surface area contributed by atoms with Crippen LogP contribution in [0, 0.1) is 0 Å². The summed E-state index contributed by atoms with van der Waals surface area (Å²) in [6.45, 7) is 4.24. The van der Waals surface area contributed by atoms with Gasteiger partial charge in [0.1, 0.15) is 0 Å². The second-order valence-corrected chi connectivity index (χ2v) is 6.96. The Morgan fingerprint density at radius 2 is 1.27 bits per heavy atom. The molecule has 2 amide bonds. The molecule has 0 spiro atoms. The van der Waals surface area contributed by atoms with Gasteiger partial charge in [0.05, 0.1) is 12.8 Å². The number of nitrogens with one attached hydrogen (secondary N) is 3. The van der Waals surface area contributed by atoms with Gasteiger partial charge in [-0.1, -0.05) is 91.5 Å². The summed E-state index contributed by atoms with van der Waals surface area (Å²) in [7, 11) is 0. The van der Waals surface area contributed by atoms with Crippen molar-refractivity contribution in [2.45, 2.75) is 19.4 Å². The first-order valence-electron chi connectivity index (χ1n) is 9.78. The largest absolute Gasteiger partial charge is 0.352 e. The Labute approximate surface area is 176 Å². The molecule has 0 bridgehead atoms. The van der Waals surface area contributed by atoms with Gasteiger partial charge in [-0.15, -0.1) is 0 Å². The van der Waals surface area contributed by atoms with Crippen LogP contribution in [0.4, 0.5) is 0 Å². The molecule has 0 saturated carbocycles. The second-order valence-electron chi connectivity index (χ2n) is 6.96. The molecule has 5 nitrogen and oxygen atoms in total. The summed E-state index contributed by atoms with van der Waals surface area (Å²) in [5.41, 5.74) is 9.89. The fourth-order valence-corrected chi connectivity index (χ4v) is 2.93. The molecule has 0 aliphatic carbocycles. The Morgan fingerprint density at radius 1 is 0.667 bits per heavy atom. The van der Waals surface area contributed by atoms with E-state index in [0.717, 1.165) is 22.3 Å². The smallest absolute Gasteiger partial charge is 0.242 e. The highest BCUT2D eigenvalue weighted by Crippen LogP contribution is 2.19. The van der Waals surface area contributed by atoms with Gasteiger partial charge >= 0.3 is 0 Å². The van der Waals surface area contributed by atoms with Gasteiger partial charge in [-0.25, -0.2) is 0 Å². The molecule has 0 radical (unpaired) electrons. The Kier molecular flexibility index (Phi) is 7.39. The van der Waals surface area contributed by atoms with Crippen LogP contribution in [0.3, 0.4) is 0 Å². The Morgan fingerprint density at radius 3 is 1.93 bits per heavy atom. The van der Waals surface area contributed by atoms with Gasteiger partial charge in [-0.3, -0.25) is 15.0 Å². The summed E-state index contributed by atoms with van der Waals surface area (Å²) in [6, 6.07) is 27.6. The number of amides is 2. The van der Waals surface area contributed by atoms with Gasteiger partial charge in [-0.05, 0) is 22.3 Å². The summed E-state index contributed by atoms with van der Waals surface area (Å²) < 4.78 is 0. The molecule has 0 aliphatic heterocycles. The van der Waals surface area contributed by atoms with E-state index in [4.69, 9.17) is 0 Å². The number of hydrazine groups is 1. The molecule has 0 unspecified atom stereocenters. The molecule has 0 heterocycles. The van der Waals surface area contributed by atoms with E-state index in [1.54, 1.807) is 0 Å². The predicted octanol–water partition coefficient (Wildman–Crippen LogP) is 3.74. The van der Waals surface area contributed by atoms with Crippen LogP contribution in [0.1, 0.15) is 17.5 Å². The van der Waals surface area contributed by atoms with Crippen molar-refractivity contribution in [2.24, 2.45) is 0 Å². The Bertz CT molecular complexity index is 984. The third kappa shape index (κ3) is 6.63. The van der Waals surface area contributed by atoms with E-state index in [1.807, 2.05) is 84.9 Å². The van der Waals surface area contributed by atoms with E-state index < -0.39 is 0 Å². The molecule has 0 fully saturated rings. The van der Waals surface area contributed by atoms with Crippen LogP contribution in [0.2, 0.25) is 0 Å². The van der Waals surface area contributed by atoms with E-state index in [0.29, 0.717) is 12.2 Å². The van der Waals surface area contributed by atoms with Crippen LogP contribution in [0.25, 0.3) is 11.1 Å². The first kappa shape index (κ1) is 20.9. The lowest BCUT2D eigenvalue weighted by molar-refractivity contribution is -0.122. The van der Waals surface area contributed by atoms with Gasteiger partial charge in [0.2, 0.25) is 11.8 Å². The van der Waals surface area contributed by atoms with Gasteiger partial charge in [0.25, 0.3) is 0 Å². The number of hydrogen-bond acceptors (Lipinski definition) is 3. The molecule has 5 heteroatoms. The monoisotopic (exact) mass is 399 g/mol. The molecule has 0 aliphatic rings. The topological polar surface area (TPSA) is 70.2 Å². The molecule has 3 N–H and O–H groups in total. The number of rotatable bonds is 9. The first-order chi connectivity index (χ1) is 14.6. The molecule has 30 heavy (non-hydrogen) atoms. The maximum atomic E-state index is 12.2. The highest BCUT2D eigenvalue weighted by Gasteiger charge is 2.07. The first-order valence-corrected chi connectivity index (χ1v) is 9.78. The standard InChI is InChI=1S/C25H25N3O2/c1-19(16-24(29)26-18-21-8-4-2-5-9-21)27-28-25(30)17-20-12-14-23(15-13-20)22-10-6-3-7-11-22/h2-15,27H,1,16-18H2,(H,26,29)(H,28,30). The maximum Gasteiger partial charge on any atom is 0.242 e. The van der Waals surface area contributed by atoms with Crippen LogP contribution in [-0.4, -0.2) is 11.8 Å². The van der Waals surface area contributed by atoms with E-state index >= 15 is 0 Å². The zero-order valence-corrected chi connectivity index (χ0v) is 16.7. The Balaban J connectivity index is 1.38. The lowest BCUT2D eigenvalue weighted by atomic mass is 10.0. The minimum atomic E-state index is -0.201. The van der Waals surface area contributed by atoms with Crippen molar-refractivity contribution in [1.29, 1.82) is 0 Å². The summed E-state index contributed by atoms with van der Waals surface area (Å²) >= 11 is 0. The van der Waals surface area contributed by atoms with E-state index in [9.17, 15) is 9.59 Å². The molecule has 0 aromatic heterocycles. The summed E-state index contributed by atoms with van der Waals surface area (Å²) in [4.78, 5) is 24.1. The van der Waals surface area contributed by atoms with Crippen molar-refractivity contribution in [2.75, 3.05) is 0 Å². The Hall–Kier alpha value is -3.86. The van der Waals surface area contributed by atoms with Crippen molar-refractivity contribution < 1.29 is 9.59 Å². The number of carbonyl (C=O) groups excluding carboxylic acids is 2. The van der Waals surface area contributed by atoms with Crippen LogP contribution in [0.15, 0.2) is 97.2 Å². The van der Waals surface area contributed by atoms with Crippen molar-refractivity contribution in [1.82, 2.24) is 16.2 Å². The number of hydrogen-bond donors (Lipinski definition) is 3. The van der Waals surface area contributed by atoms with Gasteiger partial charge in [0.15, 0.2) is 0 Å². The minimum Gasteiger partial charge on any atom is -0.352 e. The number of carbonyl (C=O) groups is 2. The molecule has 3 rings (SSSR count). The van der Waals surface area contributed by atoms with Crippen LogP contribution < -0.4 is 16.2 Å². The van der Waals surface area contributed by atoms with Crippen molar-refractivity contribution in [3.05, 3.63) is 108 Å². The average molecular weight is 399 g/mol. The zero-order chi connectivity index (χ0) is 21.2. The highest BCUT2D eigenvalue weighted by molar-refractivity contribution is 5.80. The molecule has 3 aromatic rings. The quantitative estimate of drug-likeness (QED) is 0.480. The SMILES string of the molecule is C=C(CC(=O)NCc1ccccc1)NNC(=O)Cc1ccc(-c2ccccc2)cc1. The summed E-state index contributed by atoms with van der Waals surface area (Å²) in [6.07, 6.45) is 0.314. The zero-order valence-electron chi connectivity index (χ0n) is 16.7. The molecular formula is C25H25N3O2. The molecule has 152 valence electrons. The van der Waals surface area contributed by atoms with Crippen molar-refractivity contribution in [3.63, 3.8) is 0 Å². The normalized spacial score (nSPS) is 10.1. The van der Waals surface area contributed by atoms with Gasteiger partial charge in [-0.2, -0.15) is 0 Å². The van der Waals surface area contributed by atoms with E-state index in [2.05, 4.69) is 22.7 Å². The van der Waals surface area contributed by atoms with Crippen LogP contribution >= 0.6 is 0 Å². The predicted molar refractivity (Wildman–Crippen MR) is 119 cm³/mol. The summed E-state index contributed by atoms with van der Waals surface area (Å²) in [5, 5.41) is 2.82. The lowest BCUT2D eigenvalue weighted by Crippen LogP contribution is -2.38. The second kappa shape index (κ2) is 10.6. The van der Waals surface area contributed by atoms with Crippen LogP contribution in [-0.2, 0) is 22.6 Å². The fourth-order valence-electron chi connectivity index (χ4n) is 2.93. The van der Waals surface area contributed by atoms with E-state index in [-0.39, 0.29) is 24.7 Å². The van der Waals surface area contributed by atoms with Crippen molar-refractivity contribution in [3.8, 4) is 11.1 Å². The fraction of sp³-hybridized carbons (Fsp3) is 0.120. The maximum absolute atomic E-state index is 12.2.